The fraction of sp³-hybridized carbons (Fsp3) is 0.667. The molecule has 0 amide bonds. The fourth-order valence-corrected chi connectivity index (χ4v) is 4.72. The summed E-state index contributed by atoms with van der Waals surface area (Å²) < 4.78 is 21.1. The molecule has 2 aliphatic rings. The van der Waals surface area contributed by atoms with Gasteiger partial charge in [-0.25, -0.2) is 13.8 Å². The first-order valence-corrected chi connectivity index (χ1v) is 13.9. The Hall–Kier alpha value is -2.37. The topological polar surface area (TPSA) is 59.3 Å². The number of halogens is 2. The van der Waals surface area contributed by atoms with Crippen molar-refractivity contribution in [1.82, 2.24) is 14.9 Å². The Morgan fingerprint density at radius 1 is 1.19 bits per heavy atom. The molecular formula is C30H48F2N4O. The van der Waals surface area contributed by atoms with E-state index in [1.807, 2.05) is 43.2 Å². The summed E-state index contributed by atoms with van der Waals surface area (Å²) in [7, 11) is 1.91. The van der Waals surface area contributed by atoms with E-state index >= 15 is 0 Å². The molecule has 0 saturated heterocycles. The predicted molar refractivity (Wildman–Crippen MR) is 150 cm³/mol. The number of allylic oxidation sites excluding steroid dienone is 2. The van der Waals surface area contributed by atoms with E-state index in [0.717, 1.165) is 49.8 Å². The number of aliphatic imine (C=N–C) groups is 1. The Bertz CT molecular complexity index is 912. The van der Waals surface area contributed by atoms with Gasteiger partial charge in [-0.15, -0.1) is 5.73 Å². The van der Waals surface area contributed by atoms with Crippen molar-refractivity contribution in [2.24, 2.45) is 17.5 Å². The number of carbonyl (C=O) groups is 1. The van der Waals surface area contributed by atoms with Gasteiger partial charge in [-0.1, -0.05) is 52.9 Å². The van der Waals surface area contributed by atoms with Gasteiger partial charge in [0.05, 0.1) is 6.33 Å². The molecule has 5 nitrogen and oxygen atoms in total. The molecule has 2 heterocycles. The number of Topliss-reactive ketones (excluding diaryl/α,β-unsaturated/α-hetero) is 1. The Labute approximate surface area is 223 Å². The number of imidazole rings is 1. The third-order valence-corrected chi connectivity index (χ3v) is 6.81. The molecule has 1 aliphatic heterocycles. The zero-order valence-electron chi connectivity index (χ0n) is 23.7. The maximum atomic E-state index is 13.5. The molecule has 1 aliphatic carbocycles. The molecule has 1 unspecified atom stereocenters. The number of hydrogen-bond acceptors (Lipinski definition) is 4. The molecule has 37 heavy (non-hydrogen) atoms. The predicted octanol–water partition coefficient (Wildman–Crippen LogP) is 7.85. The maximum absolute atomic E-state index is 13.5. The zero-order chi connectivity index (χ0) is 27.5. The number of carbonyl (C=O) groups excluding carboxylic acids is 1. The number of hydrogen-bond donors (Lipinski definition) is 1. The zero-order valence-corrected chi connectivity index (χ0v) is 23.7. The van der Waals surface area contributed by atoms with Crippen LogP contribution in [0.15, 0.2) is 46.7 Å². The van der Waals surface area contributed by atoms with Gasteiger partial charge >= 0.3 is 0 Å². The van der Waals surface area contributed by atoms with Crippen molar-refractivity contribution in [1.29, 1.82) is 0 Å². The quantitative estimate of drug-likeness (QED) is 0.174. The monoisotopic (exact) mass is 518 g/mol. The summed E-state index contributed by atoms with van der Waals surface area (Å²) >= 11 is 0. The minimum atomic E-state index is -1.75. The van der Waals surface area contributed by atoms with E-state index in [1.54, 1.807) is 6.33 Å². The number of rotatable bonds is 12. The van der Waals surface area contributed by atoms with Gasteiger partial charge in [0.1, 0.15) is 5.69 Å². The van der Waals surface area contributed by atoms with E-state index in [0.29, 0.717) is 11.7 Å². The Balaban J connectivity index is 0.000000751. The number of unbranched alkanes of at least 4 members (excludes halogenated alkanes) is 4. The first kappa shape index (κ1) is 32.7. The van der Waals surface area contributed by atoms with E-state index < -0.39 is 6.93 Å². The standard InChI is InChI=1S/C24H34N4O.C5H12.CH2F2/c1-4-5-6-13-26-21-10-12-24(14-21,23(29)22-17-28(3)18-27-22)11-9-20-8-7-19(2)15-25-16-20;1-3-5-4-2;2-1-3/h7,15-18,21,26H,4-6,9-14H2,1-3H3;3-5H2,1-2H3;1H2/t21?,24-;;/m0../s1. The second-order valence-electron chi connectivity index (χ2n) is 10.1. The molecule has 0 spiro atoms. The van der Waals surface area contributed by atoms with E-state index in [2.05, 4.69) is 41.8 Å². The summed E-state index contributed by atoms with van der Waals surface area (Å²) in [6, 6.07) is 0.413. The molecule has 1 saturated carbocycles. The maximum Gasteiger partial charge on any atom is 0.229 e. The lowest BCUT2D eigenvalue weighted by molar-refractivity contribution is 0.0774. The summed E-state index contributed by atoms with van der Waals surface area (Å²) in [5, 5.41) is 3.70. The van der Waals surface area contributed by atoms with E-state index in [1.165, 1.54) is 38.5 Å². The lowest BCUT2D eigenvalue weighted by Crippen LogP contribution is -2.33. The average molecular weight is 519 g/mol. The number of aryl methyl sites for hydroxylation is 1. The SMILES string of the molecule is CCCCC.CCCCCNC1CC[C@](CCC2=C=CC(C)=CN=C2)(C(=O)c2cn(C)cn2)C1.FCF. The van der Waals surface area contributed by atoms with Crippen molar-refractivity contribution in [2.75, 3.05) is 13.5 Å². The van der Waals surface area contributed by atoms with Gasteiger partial charge < -0.3 is 9.88 Å². The van der Waals surface area contributed by atoms with Crippen LogP contribution in [0.3, 0.4) is 0 Å². The minimum Gasteiger partial charge on any atom is -0.340 e. The lowest BCUT2D eigenvalue weighted by Gasteiger charge is -2.27. The summed E-state index contributed by atoms with van der Waals surface area (Å²) in [6.45, 7) is 7.96. The molecule has 1 N–H and O–H groups in total. The van der Waals surface area contributed by atoms with Crippen molar-refractivity contribution in [2.45, 2.75) is 104 Å². The second kappa shape index (κ2) is 18.8. The fourth-order valence-electron chi connectivity index (χ4n) is 4.72. The largest absolute Gasteiger partial charge is 0.340 e. The molecule has 3 rings (SSSR count). The van der Waals surface area contributed by atoms with E-state index in [9.17, 15) is 13.6 Å². The molecule has 2 atom stereocenters. The van der Waals surface area contributed by atoms with Crippen molar-refractivity contribution in [3.05, 3.63) is 47.4 Å². The summed E-state index contributed by atoms with van der Waals surface area (Å²) in [5.74, 6) is 0.195. The van der Waals surface area contributed by atoms with Gasteiger partial charge in [-0.3, -0.25) is 9.79 Å². The highest BCUT2D eigenvalue weighted by Crippen LogP contribution is 2.45. The number of ketones is 1. The molecule has 7 heteroatoms. The first-order valence-electron chi connectivity index (χ1n) is 13.9. The highest BCUT2D eigenvalue weighted by atomic mass is 19.3. The van der Waals surface area contributed by atoms with Crippen LogP contribution in [0, 0.1) is 5.41 Å². The van der Waals surface area contributed by atoms with Crippen molar-refractivity contribution in [3.8, 4) is 0 Å². The molecule has 1 fully saturated rings. The van der Waals surface area contributed by atoms with Crippen LogP contribution in [0.2, 0.25) is 0 Å². The summed E-state index contributed by atoms with van der Waals surface area (Å²) in [6.07, 6.45) is 21.5. The molecule has 208 valence electrons. The van der Waals surface area contributed by atoms with Crippen LogP contribution in [0.1, 0.15) is 109 Å². The summed E-state index contributed by atoms with van der Waals surface area (Å²) in [5.41, 5.74) is 5.73. The van der Waals surface area contributed by atoms with Gasteiger partial charge in [0.15, 0.2) is 5.78 Å². The van der Waals surface area contributed by atoms with E-state index in [4.69, 9.17) is 0 Å². The Morgan fingerprint density at radius 3 is 2.49 bits per heavy atom. The van der Waals surface area contributed by atoms with Gasteiger partial charge in [0.2, 0.25) is 6.93 Å². The second-order valence-corrected chi connectivity index (χ2v) is 10.1. The normalized spacial score (nSPS) is 20.2. The Morgan fingerprint density at radius 2 is 1.89 bits per heavy atom. The average Bonchev–Trinajstić information content (AvgIpc) is 3.45. The van der Waals surface area contributed by atoms with Crippen LogP contribution in [-0.4, -0.2) is 41.1 Å². The smallest absolute Gasteiger partial charge is 0.229 e. The van der Waals surface area contributed by atoms with Crippen LogP contribution < -0.4 is 5.32 Å². The molecule has 0 radical (unpaired) electrons. The molecular weight excluding hydrogens is 470 g/mol. The Kier molecular flexibility index (Phi) is 16.6. The van der Waals surface area contributed by atoms with Crippen LogP contribution in [0.5, 0.6) is 0 Å². The van der Waals surface area contributed by atoms with Crippen LogP contribution in [0.25, 0.3) is 0 Å². The molecule has 0 bridgehead atoms. The van der Waals surface area contributed by atoms with Crippen molar-refractivity contribution in [3.63, 3.8) is 0 Å². The lowest BCUT2D eigenvalue weighted by atomic mass is 9.75. The van der Waals surface area contributed by atoms with Gasteiger partial charge in [0, 0.05) is 42.7 Å². The molecule has 0 aromatic carbocycles. The van der Waals surface area contributed by atoms with Crippen LogP contribution in [0.4, 0.5) is 8.78 Å². The number of alkyl halides is 2. The van der Waals surface area contributed by atoms with Crippen LogP contribution >= 0.6 is 0 Å². The number of nitrogens with one attached hydrogen (secondary N) is 1. The first-order chi connectivity index (χ1) is 17.8. The highest BCUT2D eigenvalue weighted by Gasteiger charge is 2.45. The van der Waals surface area contributed by atoms with E-state index in [-0.39, 0.29) is 11.2 Å². The van der Waals surface area contributed by atoms with Gasteiger partial charge in [-0.05, 0) is 63.6 Å². The molecule has 1 aromatic heterocycles. The number of nitrogens with zero attached hydrogens (tertiary/aromatic N) is 3. The van der Waals surface area contributed by atoms with Crippen LogP contribution in [-0.2, 0) is 7.05 Å². The van der Waals surface area contributed by atoms with Crippen molar-refractivity contribution < 1.29 is 13.6 Å². The third-order valence-electron chi connectivity index (χ3n) is 6.81. The highest BCUT2D eigenvalue weighted by molar-refractivity contribution is 5.99. The third kappa shape index (κ3) is 12.1. The van der Waals surface area contributed by atoms with Gasteiger partial charge in [0.25, 0.3) is 0 Å². The molecule has 1 aromatic rings. The summed E-state index contributed by atoms with van der Waals surface area (Å²) in [4.78, 5) is 22.2. The van der Waals surface area contributed by atoms with Gasteiger partial charge in [-0.2, -0.15) is 0 Å². The van der Waals surface area contributed by atoms with Crippen molar-refractivity contribution >= 4 is 12.0 Å². The minimum absolute atomic E-state index is 0.195. The number of aromatic nitrogens is 2.